The van der Waals surface area contributed by atoms with Crippen LogP contribution in [0.5, 0.6) is 0 Å². The standard InChI is InChI=1S/C38H72N16O11/c1-19(39)30(59)50-25(12-9-17-47-38(43)44)33(62)54-29(22(4)57)36(65)52-24(11-6-7-15-45-5)32(61)51-26(13-14-27(40)58)34(63)53-28(21(3)56)35(64)48-20(2)31(60)49-23(18-55)10-8-16-46-37(41)42/h18-26,28-29,45,56-57H,6-17,39H2,1-5H3,(H2,40,58)(H,48,64)(H,49,60)(H,50,59)(H,51,61)(H,52,65)(H,53,63)(H,54,62)(H4,41,42,46)(H4,43,44,47)/t19-,20-,21+,22+,23-,24-,25-,26-,28-,29-/m0/s1. The maximum absolute atomic E-state index is 13.9. The predicted molar refractivity (Wildman–Crippen MR) is 238 cm³/mol. The number of guanidine groups is 2. The van der Waals surface area contributed by atoms with Crippen LogP contribution in [0.2, 0.25) is 0 Å². The fourth-order valence-corrected chi connectivity index (χ4v) is 5.77. The molecule has 0 rings (SSSR count). The summed E-state index contributed by atoms with van der Waals surface area (Å²) >= 11 is 0. The lowest BCUT2D eigenvalue weighted by Gasteiger charge is -2.29. The van der Waals surface area contributed by atoms with Gasteiger partial charge in [-0.05, 0) is 92.7 Å². The summed E-state index contributed by atoms with van der Waals surface area (Å²) in [5.74, 6) is -7.58. The quantitative estimate of drug-likeness (QED) is 0.0126. The topological polar surface area (TPSA) is 471 Å². The Morgan fingerprint density at radius 3 is 1.42 bits per heavy atom. The van der Waals surface area contributed by atoms with Crippen LogP contribution in [0.25, 0.3) is 0 Å². The van der Waals surface area contributed by atoms with Crippen molar-refractivity contribution < 1.29 is 53.4 Å². The fraction of sp³-hybridized carbons (Fsp3) is 0.711. The lowest BCUT2D eigenvalue weighted by Crippen LogP contribution is -2.62. The van der Waals surface area contributed by atoms with Crippen molar-refractivity contribution in [1.29, 1.82) is 0 Å². The van der Waals surface area contributed by atoms with Crippen LogP contribution in [0.1, 0.15) is 85.5 Å². The molecule has 0 aliphatic heterocycles. The van der Waals surface area contributed by atoms with Gasteiger partial charge in [0, 0.05) is 19.5 Å². The Bertz CT molecular complexity index is 1640. The van der Waals surface area contributed by atoms with Crippen LogP contribution in [-0.4, -0.2) is 163 Å². The average Bonchev–Trinajstić information content (AvgIpc) is 3.22. The monoisotopic (exact) mass is 929 g/mol. The molecule has 0 spiro atoms. The number of carbonyl (C=O) groups is 9. The molecule has 0 aliphatic carbocycles. The summed E-state index contributed by atoms with van der Waals surface area (Å²) < 4.78 is 0. The highest BCUT2D eigenvalue weighted by atomic mass is 16.3. The van der Waals surface area contributed by atoms with Crippen LogP contribution in [0.3, 0.4) is 0 Å². The van der Waals surface area contributed by atoms with E-state index in [1.807, 2.05) is 0 Å². The van der Waals surface area contributed by atoms with Gasteiger partial charge >= 0.3 is 0 Å². The molecule has 0 saturated heterocycles. The summed E-state index contributed by atoms with van der Waals surface area (Å²) in [4.78, 5) is 124. The molecule has 0 aliphatic rings. The summed E-state index contributed by atoms with van der Waals surface area (Å²) in [7, 11) is 1.70. The zero-order chi connectivity index (χ0) is 49.8. The molecule has 0 aromatic carbocycles. The van der Waals surface area contributed by atoms with Crippen LogP contribution < -0.4 is 76.9 Å². The Balaban J connectivity index is 6.32. The van der Waals surface area contributed by atoms with Crippen LogP contribution in [-0.2, 0) is 43.2 Å². The molecule has 370 valence electrons. The molecule has 27 nitrogen and oxygen atoms in total. The third-order valence-electron chi connectivity index (χ3n) is 9.44. The SMILES string of the molecule is CNCCCC[C@H](NC(=O)[C@@H](NC(=O)[C@H](CCCN=C(N)N)NC(=O)[C@H](C)N)[C@@H](C)O)C(=O)N[C@@H](CCC(N)=O)C(=O)N[C@H](C(=O)N[C@@H](C)C(=O)N[C@H](C=O)CCCN=C(N)N)[C@@H](C)O. The summed E-state index contributed by atoms with van der Waals surface area (Å²) in [5.41, 5.74) is 32.3. The van der Waals surface area contributed by atoms with E-state index in [0.717, 1.165) is 0 Å². The molecule has 22 N–H and O–H groups in total. The first kappa shape index (κ1) is 58.8. The third kappa shape index (κ3) is 25.0. The van der Waals surface area contributed by atoms with Crippen molar-refractivity contribution in [1.82, 2.24) is 42.5 Å². The van der Waals surface area contributed by atoms with Gasteiger partial charge in [-0.2, -0.15) is 0 Å². The zero-order valence-electron chi connectivity index (χ0n) is 37.8. The molecular weight excluding hydrogens is 857 g/mol. The van der Waals surface area contributed by atoms with Crippen LogP contribution in [0.4, 0.5) is 0 Å². The molecule has 27 heteroatoms. The predicted octanol–water partition coefficient (Wildman–Crippen LogP) is -7.53. The van der Waals surface area contributed by atoms with Gasteiger partial charge in [0.15, 0.2) is 11.9 Å². The smallest absolute Gasteiger partial charge is 0.245 e. The number of aldehydes is 1. The van der Waals surface area contributed by atoms with Gasteiger partial charge in [-0.15, -0.1) is 0 Å². The molecule has 10 atom stereocenters. The molecule has 0 aromatic heterocycles. The van der Waals surface area contributed by atoms with Crippen molar-refractivity contribution in [3.05, 3.63) is 0 Å². The molecule has 0 saturated carbocycles. The molecule has 0 fully saturated rings. The van der Waals surface area contributed by atoms with Gasteiger partial charge in [-0.25, -0.2) is 0 Å². The maximum atomic E-state index is 13.9. The van der Waals surface area contributed by atoms with Gasteiger partial charge in [0.05, 0.1) is 24.3 Å². The number of primary amides is 1. The summed E-state index contributed by atoms with van der Waals surface area (Å²) in [5, 5.41) is 41.0. The number of nitrogens with one attached hydrogen (secondary N) is 8. The second kappa shape index (κ2) is 31.6. The third-order valence-corrected chi connectivity index (χ3v) is 9.44. The Labute approximate surface area is 378 Å². The van der Waals surface area contributed by atoms with Gasteiger partial charge in [0.2, 0.25) is 47.3 Å². The lowest BCUT2D eigenvalue weighted by atomic mass is 10.0. The summed E-state index contributed by atoms with van der Waals surface area (Å²) in [6.45, 7) is 5.88. The number of aliphatic hydroxyl groups is 2. The Morgan fingerprint density at radius 1 is 0.538 bits per heavy atom. The van der Waals surface area contributed by atoms with Crippen molar-refractivity contribution in [2.75, 3.05) is 26.7 Å². The second-order valence-corrected chi connectivity index (χ2v) is 15.4. The number of carbonyl (C=O) groups excluding carboxylic acids is 9. The zero-order valence-corrected chi connectivity index (χ0v) is 37.8. The second-order valence-electron chi connectivity index (χ2n) is 15.4. The van der Waals surface area contributed by atoms with Gasteiger partial charge in [0.1, 0.15) is 42.5 Å². The Kier molecular flexibility index (Phi) is 28.6. The van der Waals surface area contributed by atoms with Gasteiger partial charge in [-0.3, -0.25) is 48.3 Å². The minimum absolute atomic E-state index is 0.00210. The van der Waals surface area contributed by atoms with Crippen molar-refractivity contribution in [2.45, 2.75) is 146 Å². The number of nitrogens with zero attached hydrogens (tertiary/aromatic N) is 2. The van der Waals surface area contributed by atoms with E-state index >= 15 is 0 Å². The maximum Gasteiger partial charge on any atom is 0.245 e. The fourth-order valence-electron chi connectivity index (χ4n) is 5.77. The van der Waals surface area contributed by atoms with Gasteiger partial charge < -0.3 is 91.9 Å². The summed E-state index contributed by atoms with van der Waals surface area (Å²) in [6.07, 6.45) is -1.89. The number of aliphatic imine (C=N–C) groups is 2. The van der Waals surface area contributed by atoms with E-state index in [0.29, 0.717) is 32.1 Å². The molecule has 0 unspecified atom stereocenters. The van der Waals surface area contributed by atoms with Crippen LogP contribution >= 0.6 is 0 Å². The minimum Gasteiger partial charge on any atom is -0.391 e. The number of hydrogen-bond donors (Lipinski definition) is 16. The van der Waals surface area contributed by atoms with Crippen LogP contribution in [0, 0.1) is 0 Å². The van der Waals surface area contributed by atoms with Gasteiger partial charge in [0.25, 0.3) is 0 Å². The van der Waals surface area contributed by atoms with E-state index < -0.39 is 121 Å². The largest absolute Gasteiger partial charge is 0.391 e. The normalized spacial score (nSPS) is 15.5. The number of aliphatic hydroxyl groups excluding tert-OH is 2. The molecule has 0 heterocycles. The molecule has 0 aromatic rings. The minimum atomic E-state index is -1.71. The van der Waals surface area contributed by atoms with Crippen LogP contribution in [0.15, 0.2) is 9.98 Å². The molecule has 0 bridgehead atoms. The highest BCUT2D eigenvalue weighted by molar-refractivity contribution is 5.97. The molecule has 65 heavy (non-hydrogen) atoms. The molecule has 8 amide bonds. The summed E-state index contributed by atoms with van der Waals surface area (Å²) in [6, 6.07) is -10.9. The molecular formula is C38H72N16O11. The van der Waals surface area contributed by atoms with Crippen molar-refractivity contribution in [3.63, 3.8) is 0 Å². The van der Waals surface area contributed by atoms with E-state index in [9.17, 15) is 53.4 Å². The number of rotatable bonds is 33. The first-order valence-electron chi connectivity index (χ1n) is 21.2. The van der Waals surface area contributed by atoms with Crippen molar-refractivity contribution in [2.24, 2.45) is 44.4 Å². The van der Waals surface area contributed by atoms with E-state index in [1.165, 1.54) is 27.7 Å². The lowest BCUT2D eigenvalue weighted by molar-refractivity contribution is -0.137. The van der Waals surface area contributed by atoms with Crippen molar-refractivity contribution >= 4 is 65.5 Å². The first-order valence-corrected chi connectivity index (χ1v) is 21.2. The highest BCUT2D eigenvalue weighted by Crippen LogP contribution is 2.09. The Hall–Kier alpha value is -6.19. The van der Waals surface area contributed by atoms with Crippen molar-refractivity contribution in [3.8, 4) is 0 Å². The van der Waals surface area contributed by atoms with E-state index in [4.69, 9.17) is 34.4 Å². The number of hydrogen-bond acceptors (Lipinski definition) is 15. The average molecular weight is 929 g/mol. The number of amides is 8. The number of unbranched alkanes of at least 4 members (excludes halogenated alkanes) is 1. The van der Waals surface area contributed by atoms with Gasteiger partial charge in [-0.1, -0.05) is 0 Å². The highest BCUT2D eigenvalue weighted by Gasteiger charge is 2.35. The Morgan fingerprint density at radius 2 is 0.969 bits per heavy atom. The molecule has 0 radical (unpaired) electrons. The van der Waals surface area contributed by atoms with E-state index in [1.54, 1.807) is 7.05 Å². The van der Waals surface area contributed by atoms with E-state index in [2.05, 4.69) is 52.5 Å². The number of nitrogens with two attached hydrogens (primary N) is 6. The first-order chi connectivity index (χ1) is 30.4. The van der Waals surface area contributed by atoms with E-state index in [-0.39, 0.29) is 50.7 Å².